The van der Waals surface area contributed by atoms with Crippen molar-refractivity contribution in [2.45, 2.75) is 31.2 Å². The van der Waals surface area contributed by atoms with E-state index >= 15 is 0 Å². The lowest BCUT2D eigenvalue weighted by Crippen LogP contribution is -2.46. The summed E-state index contributed by atoms with van der Waals surface area (Å²) in [6.45, 7) is 0. The maximum atomic E-state index is 12.1. The van der Waals surface area contributed by atoms with Gasteiger partial charge in [-0.05, 0) is 37.1 Å². The van der Waals surface area contributed by atoms with Crippen molar-refractivity contribution in [3.8, 4) is 6.07 Å². The van der Waals surface area contributed by atoms with Crippen LogP contribution in [0.1, 0.15) is 35.4 Å². The summed E-state index contributed by atoms with van der Waals surface area (Å²) >= 11 is 1.43. The molecule has 1 aliphatic rings. The maximum absolute atomic E-state index is 12.1. The third kappa shape index (κ3) is 1.72. The molecule has 0 unspecified atom stereocenters. The minimum atomic E-state index is -0.568. The van der Waals surface area contributed by atoms with E-state index in [9.17, 15) is 10.1 Å². The summed E-state index contributed by atoms with van der Waals surface area (Å²) in [5.41, 5.74) is -0.568. The monoisotopic (exact) mass is 234 g/mol. The van der Waals surface area contributed by atoms with Crippen LogP contribution in [0.4, 0.5) is 0 Å². The largest absolute Gasteiger partial charge is 0.322 e. The highest BCUT2D eigenvalue weighted by Gasteiger charge is 2.40. The Bertz CT molecular complexity index is 413. The predicted octanol–water partition coefficient (Wildman–Crippen LogP) is 2.66. The highest BCUT2D eigenvalue weighted by atomic mass is 32.1. The first-order valence-corrected chi connectivity index (χ1v) is 6.30. The Morgan fingerprint density at radius 2 is 2.25 bits per heavy atom. The molecule has 16 heavy (non-hydrogen) atoms. The Kier molecular flexibility index (Phi) is 2.97. The molecule has 1 aromatic rings. The van der Waals surface area contributed by atoms with Crippen LogP contribution in [-0.4, -0.2) is 23.4 Å². The molecule has 1 aromatic heterocycles. The highest BCUT2D eigenvalue weighted by molar-refractivity contribution is 7.12. The van der Waals surface area contributed by atoms with Crippen LogP contribution in [0.3, 0.4) is 0 Å². The Morgan fingerprint density at radius 3 is 2.75 bits per heavy atom. The Hall–Kier alpha value is -1.34. The van der Waals surface area contributed by atoms with E-state index in [1.807, 2.05) is 17.5 Å². The Labute approximate surface area is 99.3 Å². The number of carbonyl (C=O) groups excluding carboxylic acids is 1. The average molecular weight is 234 g/mol. The van der Waals surface area contributed by atoms with Crippen LogP contribution in [0.15, 0.2) is 17.5 Å². The third-order valence-electron chi connectivity index (χ3n) is 3.32. The molecule has 0 aliphatic heterocycles. The number of hydrogen-bond acceptors (Lipinski definition) is 3. The lowest BCUT2D eigenvalue weighted by Gasteiger charge is -2.32. The molecule has 3 nitrogen and oxygen atoms in total. The Morgan fingerprint density at radius 1 is 1.56 bits per heavy atom. The molecule has 0 N–H and O–H groups in total. The summed E-state index contributed by atoms with van der Waals surface area (Å²) in [5.74, 6) is -0.0292. The van der Waals surface area contributed by atoms with Crippen LogP contribution in [0.25, 0.3) is 0 Å². The summed E-state index contributed by atoms with van der Waals surface area (Å²) in [4.78, 5) is 14.5. The standard InChI is InChI=1S/C12H14N2OS/c1-14(11(15)10-5-4-8-16-10)12(9-13)6-2-3-7-12/h4-5,8H,2-3,6-7H2,1H3. The van der Waals surface area contributed by atoms with Gasteiger partial charge in [0.05, 0.1) is 10.9 Å². The van der Waals surface area contributed by atoms with Gasteiger partial charge in [-0.1, -0.05) is 6.07 Å². The van der Waals surface area contributed by atoms with Crippen molar-refractivity contribution in [1.29, 1.82) is 5.26 Å². The lowest BCUT2D eigenvalue weighted by atomic mass is 9.97. The fraction of sp³-hybridized carbons (Fsp3) is 0.500. The normalized spacial score (nSPS) is 18.0. The Balaban J connectivity index is 2.22. The molecule has 1 heterocycles. The van der Waals surface area contributed by atoms with Crippen LogP contribution in [0.2, 0.25) is 0 Å². The first kappa shape index (κ1) is 11.2. The number of amides is 1. The van der Waals surface area contributed by atoms with Gasteiger partial charge in [0.15, 0.2) is 0 Å². The molecule has 1 fully saturated rings. The molecule has 0 spiro atoms. The van der Waals surface area contributed by atoms with Gasteiger partial charge in [-0.3, -0.25) is 4.79 Å². The van der Waals surface area contributed by atoms with E-state index in [4.69, 9.17) is 0 Å². The molecule has 0 radical (unpaired) electrons. The van der Waals surface area contributed by atoms with E-state index < -0.39 is 5.54 Å². The molecule has 1 saturated carbocycles. The van der Waals surface area contributed by atoms with Crippen molar-refractivity contribution in [2.75, 3.05) is 7.05 Å². The molecule has 0 bridgehead atoms. The number of carbonyl (C=O) groups is 1. The number of rotatable bonds is 2. The van der Waals surface area contributed by atoms with Crippen molar-refractivity contribution in [3.05, 3.63) is 22.4 Å². The second-order valence-corrected chi connectivity index (χ2v) is 5.14. The minimum Gasteiger partial charge on any atom is -0.322 e. The van der Waals surface area contributed by atoms with Crippen LogP contribution >= 0.6 is 11.3 Å². The first-order valence-electron chi connectivity index (χ1n) is 5.42. The van der Waals surface area contributed by atoms with Gasteiger partial charge in [0.2, 0.25) is 0 Å². The number of nitrogens with zero attached hydrogens (tertiary/aromatic N) is 2. The van der Waals surface area contributed by atoms with Crippen molar-refractivity contribution in [3.63, 3.8) is 0 Å². The zero-order valence-electron chi connectivity index (χ0n) is 9.27. The van der Waals surface area contributed by atoms with E-state index in [0.717, 1.165) is 25.7 Å². The molecule has 0 atom stereocenters. The van der Waals surface area contributed by atoms with Crippen molar-refractivity contribution >= 4 is 17.2 Å². The van der Waals surface area contributed by atoms with E-state index in [0.29, 0.717) is 4.88 Å². The molecular weight excluding hydrogens is 220 g/mol. The molecule has 4 heteroatoms. The fourth-order valence-corrected chi connectivity index (χ4v) is 2.94. The van der Waals surface area contributed by atoms with E-state index in [1.54, 1.807) is 11.9 Å². The van der Waals surface area contributed by atoms with Gasteiger partial charge in [-0.2, -0.15) is 5.26 Å². The van der Waals surface area contributed by atoms with Gasteiger partial charge < -0.3 is 4.90 Å². The first-order chi connectivity index (χ1) is 7.69. The van der Waals surface area contributed by atoms with E-state index in [-0.39, 0.29) is 5.91 Å². The van der Waals surface area contributed by atoms with E-state index in [2.05, 4.69) is 6.07 Å². The van der Waals surface area contributed by atoms with Gasteiger partial charge in [0.25, 0.3) is 5.91 Å². The summed E-state index contributed by atoms with van der Waals surface area (Å²) in [6.07, 6.45) is 3.68. The van der Waals surface area contributed by atoms with Gasteiger partial charge in [0.1, 0.15) is 5.54 Å². The van der Waals surface area contributed by atoms with Crippen LogP contribution in [-0.2, 0) is 0 Å². The second-order valence-electron chi connectivity index (χ2n) is 4.19. The zero-order chi connectivity index (χ0) is 11.6. The number of hydrogen-bond donors (Lipinski definition) is 0. The molecule has 0 saturated heterocycles. The third-order valence-corrected chi connectivity index (χ3v) is 4.18. The minimum absolute atomic E-state index is 0.0292. The van der Waals surface area contributed by atoms with Gasteiger partial charge in [-0.15, -0.1) is 11.3 Å². The van der Waals surface area contributed by atoms with Gasteiger partial charge >= 0.3 is 0 Å². The molecule has 0 aromatic carbocycles. The molecule has 1 amide bonds. The highest BCUT2D eigenvalue weighted by Crippen LogP contribution is 2.35. The maximum Gasteiger partial charge on any atom is 0.264 e. The molecule has 2 rings (SSSR count). The molecular formula is C12H14N2OS. The molecule has 1 aliphatic carbocycles. The van der Waals surface area contributed by atoms with Gasteiger partial charge in [0, 0.05) is 7.05 Å². The van der Waals surface area contributed by atoms with Crippen LogP contribution in [0.5, 0.6) is 0 Å². The molecule has 84 valence electrons. The quantitative estimate of drug-likeness (QED) is 0.789. The smallest absolute Gasteiger partial charge is 0.264 e. The second kappa shape index (κ2) is 4.26. The summed E-state index contributed by atoms with van der Waals surface area (Å²) in [6, 6.07) is 6.00. The fourth-order valence-electron chi connectivity index (χ4n) is 2.24. The average Bonchev–Trinajstić information content (AvgIpc) is 2.98. The predicted molar refractivity (Wildman–Crippen MR) is 63.2 cm³/mol. The van der Waals surface area contributed by atoms with Crippen molar-refractivity contribution < 1.29 is 4.79 Å². The van der Waals surface area contributed by atoms with Crippen LogP contribution in [0, 0.1) is 11.3 Å². The topological polar surface area (TPSA) is 44.1 Å². The number of nitriles is 1. The SMILES string of the molecule is CN(C(=O)c1cccs1)C1(C#N)CCCC1. The van der Waals surface area contributed by atoms with Crippen molar-refractivity contribution in [2.24, 2.45) is 0 Å². The van der Waals surface area contributed by atoms with Gasteiger partial charge in [-0.25, -0.2) is 0 Å². The summed E-state index contributed by atoms with van der Waals surface area (Å²) < 4.78 is 0. The van der Waals surface area contributed by atoms with Crippen LogP contribution < -0.4 is 0 Å². The summed E-state index contributed by atoms with van der Waals surface area (Å²) in [7, 11) is 1.75. The van der Waals surface area contributed by atoms with Crippen molar-refractivity contribution in [1.82, 2.24) is 4.90 Å². The summed E-state index contributed by atoms with van der Waals surface area (Å²) in [5, 5.41) is 11.2. The number of thiophene rings is 1. The van der Waals surface area contributed by atoms with E-state index in [1.165, 1.54) is 11.3 Å². The zero-order valence-corrected chi connectivity index (χ0v) is 10.1. The lowest BCUT2D eigenvalue weighted by molar-refractivity contribution is 0.0668.